The van der Waals surface area contributed by atoms with Crippen molar-refractivity contribution in [3.63, 3.8) is 0 Å². The van der Waals surface area contributed by atoms with Crippen molar-refractivity contribution in [2.45, 2.75) is 5.92 Å². The minimum absolute atomic E-state index is 0.260. The number of benzene rings is 2. The molecule has 0 fully saturated rings. The molecule has 0 bridgehead atoms. The summed E-state index contributed by atoms with van der Waals surface area (Å²) in [6.45, 7) is 0.580. The van der Waals surface area contributed by atoms with Crippen LogP contribution in [0.15, 0.2) is 48.5 Å². The van der Waals surface area contributed by atoms with Crippen LogP contribution in [0, 0.1) is 0 Å². The van der Waals surface area contributed by atoms with Gasteiger partial charge >= 0.3 is 7.15 Å². The molecule has 1 aliphatic rings. The van der Waals surface area contributed by atoms with Gasteiger partial charge in [0.05, 0.1) is 7.11 Å². The Balaban J connectivity index is 1.98. The van der Waals surface area contributed by atoms with E-state index in [4.69, 9.17) is 20.9 Å². The SMILES string of the molecule is CO[P+](=S)OCC1c2ccccc2-c2ccccc21. The fourth-order valence-electron chi connectivity index (χ4n) is 2.63. The van der Waals surface area contributed by atoms with E-state index in [1.165, 1.54) is 22.3 Å². The monoisotopic (exact) mass is 289 g/mol. The first-order valence-electron chi connectivity index (χ1n) is 6.13. The molecule has 3 rings (SSSR count). The van der Waals surface area contributed by atoms with Crippen LogP contribution in [0.1, 0.15) is 17.0 Å². The summed E-state index contributed by atoms with van der Waals surface area (Å²) in [5.41, 5.74) is 5.24. The zero-order valence-electron chi connectivity index (χ0n) is 10.6. The number of rotatable bonds is 4. The summed E-state index contributed by atoms with van der Waals surface area (Å²) in [6.07, 6.45) is 0. The van der Waals surface area contributed by atoms with Gasteiger partial charge < -0.3 is 0 Å². The topological polar surface area (TPSA) is 18.5 Å². The molecule has 0 spiro atoms. The van der Waals surface area contributed by atoms with Crippen molar-refractivity contribution in [1.82, 2.24) is 0 Å². The Morgan fingerprint density at radius 3 is 2.05 bits per heavy atom. The van der Waals surface area contributed by atoms with E-state index in [2.05, 4.69) is 48.5 Å². The van der Waals surface area contributed by atoms with Gasteiger partial charge in [0.1, 0.15) is 6.61 Å². The molecule has 0 saturated carbocycles. The quantitative estimate of drug-likeness (QED) is 0.785. The fraction of sp³-hybridized carbons (Fsp3) is 0.200. The number of hydrogen-bond donors (Lipinski definition) is 0. The summed E-state index contributed by atoms with van der Waals surface area (Å²) in [5, 5.41) is 0. The summed E-state index contributed by atoms with van der Waals surface area (Å²) < 4.78 is 10.7. The summed E-state index contributed by atoms with van der Waals surface area (Å²) >= 11 is 5.09. The molecular formula is C15H14O2PS+. The maximum absolute atomic E-state index is 5.65. The summed E-state index contributed by atoms with van der Waals surface area (Å²) in [5.74, 6) is 0.260. The Morgan fingerprint density at radius 1 is 1.00 bits per heavy atom. The van der Waals surface area contributed by atoms with Crippen molar-refractivity contribution in [2.24, 2.45) is 0 Å². The van der Waals surface area contributed by atoms with Crippen LogP contribution in [-0.2, 0) is 20.9 Å². The van der Waals surface area contributed by atoms with E-state index in [0.29, 0.717) is 6.61 Å². The lowest BCUT2D eigenvalue weighted by Crippen LogP contribution is -2.03. The van der Waals surface area contributed by atoms with E-state index in [-0.39, 0.29) is 5.92 Å². The van der Waals surface area contributed by atoms with Crippen molar-refractivity contribution in [2.75, 3.05) is 13.7 Å². The predicted octanol–water partition coefficient (Wildman–Crippen LogP) is 4.24. The zero-order chi connectivity index (χ0) is 13.2. The van der Waals surface area contributed by atoms with Gasteiger partial charge in [0.15, 0.2) is 0 Å². The minimum atomic E-state index is -1.19. The summed E-state index contributed by atoms with van der Waals surface area (Å²) in [6, 6.07) is 17.0. The highest BCUT2D eigenvalue weighted by molar-refractivity contribution is 8.00. The predicted molar refractivity (Wildman–Crippen MR) is 81.0 cm³/mol. The molecule has 19 heavy (non-hydrogen) atoms. The van der Waals surface area contributed by atoms with Crippen LogP contribution < -0.4 is 0 Å². The average Bonchev–Trinajstić information content (AvgIpc) is 2.79. The second-order valence-electron chi connectivity index (χ2n) is 4.43. The first-order valence-corrected chi connectivity index (χ1v) is 8.33. The molecule has 0 heterocycles. The molecule has 0 aromatic heterocycles. The van der Waals surface area contributed by atoms with Gasteiger partial charge in [-0.15, -0.1) is 9.05 Å². The lowest BCUT2D eigenvalue weighted by atomic mass is 9.98. The van der Waals surface area contributed by atoms with Gasteiger partial charge in [0.2, 0.25) is 11.8 Å². The standard InChI is InChI=1S/C15H14O2PS/c1-16-18(19)17-10-15-13-8-4-2-6-11(13)12-7-3-5-9-14(12)15/h2-9,15H,10H2,1H3/q+1. The van der Waals surface area contributed by atoms with E-state index >= 15 is 0 Å². The van der Waals surface area contributed by atoms with Gasteiger partial charge in [0, 0.05) is 5.92 Å². The van der Waals surface area contributed by atoms with E-state index in [9.17, 15) is 0 Å². The van der Waals surface area contributed by atoms with Crippen molar-refractivity contribution in [1.29, 1.82) is 0 Å². The Morgan fingerprint density at radius 2 is 1.53 bits per heavy atom. The Labute approximate surface area is 119 Å². The maximum atomic E-state index is 5.65. The third kappa shape index (κ3) is 2.35. The van der Waals surface area contributed by atoms with Crippen molar-refractivity contribution >= 4 is 19.0 Å². The molecule has 0 amide bonds. The highest BCUT2D eigenvalue weighted by Gasteiger charge is 2.30. The Hall–Kier alpha value is -1.12. The van der Waals surface area contributed by atoms with Crippen molar-refractivity contribution in [3.05, 3.63) is 59.7 Å². The lowest BCUT2D eigenvalue weighted by Gasteiger charge is -2.09. The van der Waals surface area contributed by atoms with E-state index in [1.54, 1.807) is 7.11 Å². The van der Waals surface area contributed by atoms with Gasteiger partial charge in [-0.3, -0.25) is 0 Å². The summed E-state index contributed by atoms with van der Waals surface area (Å²) in [4.78, 5) is 0. The maximum Gasteiger partial charge on any atom is 0.521 e. The van der Waals surface area contributed by atoms with Crippen LogP contribution in [0.5, 0.6) is 0 Å². The largest absolute Gasteiger partial charge is 0.521 e. The molecule has 2 nitrogen and oxygen atoms in total. The first-order chi connectivity index (χ1) is 9.31. The van der Waals surface area contributed by atoms with Crippen LogP contribution in [0.4, 0.5) is 0 Å². The fourth-order valence-corrected chi connectivity index (χ4v) is 3.19. The first kappa shape index (κ1) is 12.9. The minimum Gasteiger partial charge on any atom is -0.145 e. The normalized spacial score (nSPS) is 14.1. The average molecular weight is 289 g/mol. The molecular weight excluding hydrogens is 275 g/mol. The molecule has 1 aliphatic carbocycles. The molecule has 2 aromatic carbocycles. The van der Waals surface area contributed by atoms with Gasteiger partial charge in [-0.05, 0) is 22.3 Å². The third-order valence-corrected chi connectivity index (χ3v) is 4.88. The number of fused-ring (bicyclic) bond motifs is 3. The van der Waals surface area contributed by atoms with E-state index < -0.39 is 7.15 Å². The molecule has 0 radical (unpaired) electrons. The van der Waals surface area contributed by atoms with Gasteiger partial charge in [-0.2, -0.15) is 0 Å². The van der Waals surface area contributed by atoms with Crippen LogP contribution >= 0.6 is 7.15 Å². The molecule has 2 aromatic rings. The van der Waals surface area contributed by atoms with Gasteiger partial charge in [-0.25, -0.2) is 0 Å². The van der Waals surface area contributed by atoms with Crippen molar-refractivity contribution < 1.29 is 9.05 Å². The second-order valence-corrected chi connectivity index (χ2v) is 6.39. The molecule has 4 heteroatoms. The molecule has 0 aliphatic heterocycles. The van der Waals surface area contributed by atoms with Crippen LogP contribution in [0.2, 0.25) is 0 Å². The second kappa shape index (κ2) is 5.48. The van der Waals surface area contributed by atoms with Crippen LogP contribution in [-0.4, -0.2) is 13.7 Å². The van der Waals surface area contributed by atoms with E-state index in [1.807, 2.05) is 0 Å². The Bertz CT molecular complexity index is 582. The van der Waals surface area contributed by atoms with Crippen LogP contribution in [0.3, 0.4) is 0 Å². The summed E-state index contributed by atoms with van der Waals surface area (Å²) in [7, 11) is 0.403. The molecule has 1 atom stereocenters. The van der Waals surface area contributed by atoms with Gasteiger partial charge in [-0.1, -0.05) is 48.5 Å². The number of hydrogen-bond acceptors (Lipinski definition) is 3. The molecule has 0 N–H and O–H groups in total. The Kier molecular flexibility index (Phi) is 3.72. The van der Waals surface area contributed by atoms with E-state index in [0.717, 1.165) is 0 Å². The molecule has 96 valence electrons. The lowest BCUT2D eigenvalue weighted by molar-refractivity contribution is 0.290. The molecule has 0 saturated heterocycles. The molecule has 1 unspecified atom stereocenters. The van der Waals surface area contributed by atoms with Gasteiger partial charge in [0.25, 0.3) is 0 Å². The zero-order valence-corrected chi connectivity index (χ0v) is 12.3. The third-order valence-electron chi connectivity index (χ3n) is 3.46. The van der Waals surface area contributed by atoms with Crippen LogP contribution in [0.25, 0.3) is 11.1 Å². The highest BCUT2D eigenvalue weighted by atomic mass is 32.4. The van der Waals surface area contributed by atoms with Crippen molar-refractivity contribution in [3.8, 4) is 11.1 Å². The highest BCUT2D eigenvalue weighted by Crippen LogP contribution is 2.45. The smallest absolute Gasteiger partial charge is 0.145 e.